The molecule has 7 nitrogen and oxygen atoms in total. The number of ether oxygens (including phenoxy) is 1. The first-order valence-electron chi connectivity index (χ1n) is 4.85. The zero-order valence-corrected chi connectivity index (χ0v) is 9.07. The van der Waals surface area contributed by atoms with E-state index in [-0.39, 0.29) is 11.3 Å². The molecule has 0 heterocycles. The highest BCUT2D eigenvalue weighted by molar-refractivity contribution is 5.94. The Morgan fingerprint density at radius 2 is 1.78 bits per heavy atom. The third kappa shape index (κ3) is 3.48. The van der Waals surface area contributed by atoms with Crippen molar-refractivity contribution in [2.75, 3.05) is 0 Å². The minimum Gasteiger partial charge on any atom is -0.507 e. The van der Waals surface area contributed by atoms with Gasteiger partial charge in [-0.2, -0.15) is 0 Å². The molecule has 7 heteroatoms. The molecule has 0 aliphatic heterocycles. The number of carbonyl (C=O) groups is 3. The summed E-state index contributed by atoms with van der Waals surface area (Å²) in [5.41, 5.74) is -0.228. The van der Waals surface area contributed by atoms with Crippen molar-refractivity contribution in [2.24, 2.45) is 0 Å². The number of esters is 1. The zero-order chi connectivity index (χ0) is 13.7. The molecule has 1 unspecified atom stereocenters. The number of aliphatic carboxylic acids is 2. The lowest BCUT2D eigenvalue weighted by Crippen LogP contribution is -2.29. The van der Waals surface area contributed by atoms with Gasteiger partial charge in [-0.15, -0.1) is 0 Å². The molecule has 0 radical (unpaired) electrons. The van der Waals surface area contributed by atoms with Gasteiger partial charge in [0.05, 0.1) is 6.42 Å². The summed E-state index contributed by atoms with van der Waals surface area (Å²) in [4.78, 5) is 32.6. The van der Waals surface area contributed by atoms with E-state index in [0.29, 0.717) is 0 Å². The minimum absolute atomic E-state index is 0.228. The van der Waals surface area contributed by atoms with Crippen LogP contribution in [0.15, 0.2) is 24.3 Å². The van der Waals surface area contributed by atoms with Gasteiger partial charge in [0, 0.05) is 0 Å². The van der Waals surface area contributed by atoms with Crippen LogP contribution >= 0.6 is 0 Å². The van der Waals surface area contributed by atoms with E-state index in [1.807, 2.05) is 0 Å². The molecule has 1 aromatic carbocycles. The Labute approximate surface area is 101 Å². The molecule has 3 N–H and O–H groups in total. The summed E-state index contributed by atoms with van der Waals surface area (Å²) in [6.45, 7) is 0. The van der Waals surface area contributed by atoms with Crippen LogP contribution in [0, 0.1) is 0 Å². The third-order valence-corrected chi connectivity index (χ3v) is 2.01. The van der Waals surface area contributed by atoms with Gasteiger partial charge in [0.25, 0.3) is 0 Å². The van der Waals surface area contributed by atoms with Crippen LogP contribution in [-0.4, -0.2) is 39.3 Å². The number of carboxylic acid groups (broad SMARTS) is 2. The lowest BCUT2D eigenvalue weighted by atomic mass is 10.2. The first-order valence-corrected chi connectivity index (χ1v) is 4.85. The van der Waals surface area contributed by atoms with E-state index in [1.54, 1.807) is 0 Å². The van der Waals surface area contributed by atoms with E-state index in [2.05, 4.69) is 4.74 Å². The van der Waals surface area contributed by atoms with Gasteiger partial charge in [-0.05, 0) is 12.1 Å². The van der Waals surface area contributed by atoms with Crippen molar-refractivity contribution in [1.82, 2.24) is 0 Å². The molecular weight excluding hydrogens is 244 g/mol. The summed E-state index contributed by atoms with van der Waals surface area (Å²) in [5.74, 6) is -4.45. The van der Waals surface area contributed by atoms with Gasteiger partial charge in [-0.25, -0.2) is 9.59 Å². The fourth-order valence-corrected chi connectivity index (χ4v) is 1.18. The summed E-state index contributed by atoms with van der Waals surface area (Å²) in [6, 6.07) is 5.38. The SMILES string of the molecule is O=C(O)CC(OC(=O)c1ccccc1O)C(=O)O. The number of phenolic OH excluding ortho intramolecular Hbond substituents is 1. The Morgan fingerprint density at radius 3 is 2.28 bits per heavy atom. The van der Waals surface area contributed by atoms with Gasteiger partial charge in [0.15, 0.2) is 0 Å². The van der Waals surface area contributed by atoms with Crippen molar-refractivity contribution in [3.63, 3.8) is 0 Å². The molecule has 96 valence electrons. The molecular formula is C11H10O7. The van der Waals surface area contributed by atoms with E-state index in [9.17, 15) is 19.5 Å². The molecule has 0 bridgehead atoms. The largest absolute Gasteiger partial charge is 0.507 e. The zero-order valence-electron chi connectivity index (χ0n) is 9.07. The average Bonchev–Trinajstić information content (AvgIpc) is 2.27. The summed E-state index contributed by atoms with van der Waals surface area (Å²) in [7, 11) is 0. The van der Waals surface area contributed by atoms with Crippen LogP contribution < -0.4 is 0 Å². The number of benzene rings is 1. The molecule has 0 fully saturated rings. The molecule has 0 saturated heterocycles. The van der Waals surface area contributed by atoms with Crippen molar-refractivity contribution < 1.29 is 34.4 Å². The maximum atomic E-state index is 11.5. The molecule has 0 spiro atoms. The molecule has 0 saturated carbocycles. The van der Waals surface area contributed by atoms with Crippen molar-refractivity contribution in [1.29, 1.82) is 0 Å². The highest BCUT2D eigenvalue weighted by Crippen LogP contribution is 2.17. The molecule has 1 atom stereocenters. The smallest absolute Gasteiger partial charge is 0.345 e. The Morgan fingerprint density at radius 1 is 1.17 bits per heavy atom. The van der Waals surface area contributed by atoms with E-state index in [1.165, 1.54) is 24.3 Å². The highest BCUT2D eigenvalue weighted by atomic mass is 16.6. The summed E-state index contributed by atoms with van der Waals surface area (Å²) in [6.07, 6.45) is -2.65. The summed E-state index contributed by atoms with van der Waals surface area (Å²) < 4.78 is 4.51. The lowest BCUT2D eigenvalue weighted by Gasteiger charge is -2.12. The second-order valence-electron chi connectivity index (χ2n) is 3.35. The fourth-order valence-electron chi connectivity index (χ4n) is 1.18. The minimum atomic E-state index is -1.80. The number of hydrogen-bond donors (Lipinski definition) is 3. The fraction of sp³-hybridized carbons (Fsp3) is 0.182. The van der Waals surface area contributed by atoms with E-state index in [0.717, 1.165) is 0 Å². The Hall–Kier alpha value is -2.57. The molecule has 0 aromatic heterocycles. The predicted octanol–water partition coefficient (Wildman–Crippen LogP) is 0.477. The topological polar surface area (TPSA) is 121 Å². The second-order valence-corrected chi connectivity index (χ2v) is 3.35. The lowest BCUT2D eigenvalue weighted by molar-refractivity contribution is -0.153. The number of carboxylic acids is 2. The Bertz CT molecular complexity index is 480. The van der Waals surface area contributed by atoms with E-state index in [4.69, 9.17) is 10.2 Å². The molecule has 0 aliphatic carbocycles. The molecule has 18 heavy (non-hydrogen) atoms. The maximum absolute atomic E-state index is 11.5. The molecule has 1 aromatic rings. The van der Waals surface area contributed by atoms with Crippen molar-refractivity contribution >= 4 is 17.9 Å². The van der Waals surface area contributed by atoms with E-state index < -0.39 is 30.4 Å². The molecule has 0 aliphatic rings. The van der Waals surface area contributed by atoms with Crippen LogP contribution in [0.25, 0.3) is 0 Å². The second kappa shape index (κ2) is 5.67. The Balaban J connectivity index is 2.82. The maximum Gasteiger partial charge on any atom is 0.345 e. The van der Waals surface area contributed by atoms with Gasteiger partial charge >= 0.3 is 17.9 Å². The first-order chi connectivity index (χ1) is 8.41. The first kappa shape index (κ1) is 13.5. The standard InChI is InChI=1S/C11H10O7/c12-7-4-2-1-3-6(7)11(17)18-8(10(15)16)5-9(13)14/h1-4,8,12H,5H2,(H,13,14)(H,15,16). The van der Waals surface area contributed by atoms with Crippen molar-refractivity contribution in [2.45, 2.75) is 12.5 Å². The van der Waals surface area contributed by atoms with Crippen LogP contribution in [0.2, 0.25) is 0 Å². The van der Waals surface area contributed by atoms with Crippen molar-refractivity contribution in [3.8, 4) is 5.75 Å². The Kier molecular flexibility index (Phi) is 4.25. The number of aromatic hydroxyl groups is 1. The average molecular weight is 254 g/mol. The number of phenols is 1. The van der Waals surface area contributed by atoms with Crippen LogP contribution in [0.1, 0.15) is 16.8 Å². The van der Waals surface area contributed by atoms with Gasteiger partial charge in [-0.1, -0.05) is 12.1 Å². The normalized spacial score (nSPS) is 11.6. The van der Waals surface area contributed by atoms with Crippen molar-refractivity contribution in [3.05, 3.63) is 29.8 Å². The quantitative estimate of drug-likeness (QED) is 0.653. The number of rotatable bonds is 5. The number of hydrogen-bond acceptors (Lipinski definition) is 5. The molecule has 1 rings (SSSR count). The number of para-hydroxylation sites is 1. The van der Waals surface area contributed by atoms with Crippen LogP contribution in [0.3, 0.4) is 0 Å². The van der Waals surface area contributed by atoms with Gasteiger partial charge in [-0.3, -0.25) is 4.79 Å². The summed E-state index contributed by atoms with van der Waals surface area (Å²) >= 11 is 0. The van der Waals surface area contributed by atoms with Gasteiger partial charge in [0.1, 0.15) is 11.3 Å². The van der Waals surface area contributed by atoms with Crippen LogP contribution in [0.4, 0.5) is 0 Å². The molecule has 0 amide bonds. The van der Waals surface area contributed by atoms with Gasteiger partial charge < -0.3 is 20.1 Å². The monoisotopic (exact) mass is 254 g/mol. The number of carbonyl (C=O) groups excluding carboxylic acids is 1. The van der Waals surface area contributed by atoms with Gasteiger partial charge in [0.2, 0.25) is 6.10 Å². The van der Waals surface area contributed by atoms with E-state index >= 15 is 0 Å². The van der Waals surface area contributed by atoms with Crippen LogP contribution in [-0.2, 0) is 14.3 Å². The van der Waals surface area contributed by atoms with Crippen LogP contribution in [0.5, 0.6) is 5.75 Å². The highest BCUT2D eigenvalue weighted by Gasteiger charge is 2.26. The summed E-state index contributed by atoms with van der Waals surface area (Å²) in [5, 5.41) is 26.5. The third-order valence-electron chi connectivity index (χ3n) is 2.01. The predicted molar refractivity (Wildman–Crippen MR) is 57.2 cm³/mol.